The Morgan fingerprint density at radius 1 is 0.967 bits per heavy atom. The van der Waals surface area contributed by atoms with Crippen molar-refractivity contribution in [1.82, 2.24) is 15.0 Å². The van der Waals surface area contributed by atoms with E-state index in [0.717, 1.165) is 41.8 Å². The first-order valence-electron chi connectivity index (χ1n) is 10.6. The minimum absolute atomic E-state index is 0.0134. The number of hydrogen-bond donors (Lipinski definition) is 1. The molecular weight excluding hydrogens is 372 g/mol. The van der Waals surface area contributed by atoms with Crippen molar-refractivity contribution < 1.29 is 4.79 Å². The summed E-state index contributed by atoms with van der Waals surface area (Å²) in [5.74, 6) is 0.391. The maximum atomic E-state index is 13.1. The van der Waals surface area contributed by atoms with Crippen LogP contribution in [0.15, 0.2) is 42.7 Å². The van der Waals surface area contributed by atoms with E-state index in [-0.39, 0.29) is 17.7 Å². The highest BCUT2D eigenvalue weighted by molar-refractivity contribution is 5.92. The zero-order chi connectivity index (χ0) is 21.3. The molecule has 2 heterocycles. The SMILES string of the molecule is Cc1ccccc1-c1cnc(NC(=O)C2CCCC2c2nc(C)c(C)cc2C)nc1. The first kappa shape index (κ1) is 20.2. The average molecular weight is 401 g/mol. The van der Waals surface area contributed by atoms with Crippen molar-refractivity contribution in [3.8, 4) is 11.1 Å². The van der Waals surface area contributed by atoms with Crippen LogP contribution < -0.4 is 5.32 Å². The molecule has 1 aliphatic carbocycles. The lowest BCUT2D eigenvalue weighted by Gasteiger charge is -2.21. The third-order valence-electron chi connectivity index (χ3n) is 6.24. The molecule has 4 rings (SSSR count). The van der Waals surface area contributed by atoms with Gasteiger partial charge in [-0.1, -0.05) is 36.8 Å². The molecule has 30 heavy (non-hydrogen) atoms. The Labute approximate surface area is 178 Å². The molecule has 5 heteroatoms. The van der Waals surface area contributed by atoms with E-state index in [9.17, 15) is 4.79 Å². The zero-order valence-electron chi connectivity index (χ0n) is 18.1. The van der Waals surface area contributed by atoms with E-state index in [0.29, 0.717) is 5.95 Å². The summed E-state index contributed by atoms with van der Waals surface area (Å²) in [4.78, 5) is 26.7. The largest absolute Gasteiger partial charge is 0.294 e. The number of benzene rings is 1. The van der Waals surface area contributed by atoms with E-state index in [2.05, 4.69) is 48.2 Å². The predicted molar refractivity (Wildman–Crippen MR) is 119 cm³/mol. The number of aromatic nitrogens is 3. The van der Waals surface area contributed by atoms with Gasteiger partial charge in [-0.3, -0.25) is 15.1 Å². The van der Waals surface area contributed by atoms with E-state index >= 15 is 0 Å². The van der Waals surface area contributed by atoms with Gasteiger partial charge in [0.25, 0.3) is 0 Å². The Bertz CT molecular complexity index is 1080. The van der Waals surface area contributed by atoms with Crippen LogP contribution in [0.5, 0.6) is 0 Å². The molecule has 1 aliphatic rings. The highest BCUT2D eigenvalue weighted by Crippen LogP contribution is 2.41. The Morgan fingerprint density at radius 2 is 1.70 bits per heavy atom. The van der Waals surface area contributed by atoms with Crippen molar-refractivity contribution in [2.75, 3.05) is 5.32 Å². The van der Waals surface area contributed by atoms with Crippen LogP contribution >= 0.6 is 0 Å². The van der Waals surface area contributed by atoms with Crippen LogP contribution in [-0.2, 0) is 4.79 Å². The number of hydrogen-bond acceptors (Lipinski definition) is 4. The number of nitrogens with zero attached hydrogens (tertiary/aromatic N) is 3. The molecule has 2 atom stereocenters. The normalized spacial score (nSPS) is 18.4. The summed E-state index contributed by atoms with van der Waals surface area (Å²) in [6.45, 7) is 8.27. The summed E-state index contributed by atoms with van der Waals surface area (Å²) in [5, 5.41) is 2.93. The quantitative estimate of drug-likeness (QED) is 0.646. The molecule has 5 nitrogen and oxygen atoms in total. The third kappa shape index (κ3) is 3.97. The molecule has 0 bridgehead atoms. The van der Waals surface area contributed by atoms with Gasteiger partial charge in [0.1, 0.15) is 0 Å². The Balaban J connectivity index is 1.51. The van der Waals surface area contributed by atoms with Crippen molar-refractivity contribution in [3.05, 3.63) is 70.8 Å². The molecule has 1 N–H and O–H groups in total. The number of rotatable bonds is 4. The second-order valence-electron chi connectivity index (χ2n) is 8.34. The molecule has 1 amide bonds. The standard InChI is InChI=1S/C25H28N4O/c1-15-8-5-6-9-20(15)19-13-26-25(27-14-19)29-24(30)22-11-7-10-21(22)23-17(3)12-16(2)18(4)28-23/h5-6,8-9,12-14,21-22H,7,10-11H2,1-4H3,(H,26,27,29,30). The Morgan fingerprint density at radius 3 is 2.43 bits per heavy atom. The van der Waals surface area contributed by atoms with Crippen LogP contribution in [0.2, 0.25) is 0 Å². The van der Waals surface area contributed by atoms with Gasteiger partial charge in [0.15, 0.2) is 0 Å². The van der Waals surface area contributed by atoms with Gasteiger partial charge < -0.3 is 0 Å². The molecule has 0 radical (unpaired) electrons. The van der Waals surface area contributed by atoms with Crippen molar-refractivity contribution in [2.45, 2.75) is 52.9 Å². The van der Waals surface area contributed by atoms with Crippen LogP contribution in [0, 0.1) is 33.6 Å². The van der Waals surface area contributed by atoms with E-state index < -0.39 is 0 Å². The molecule has 0 aliphatic heterocycles. The molecule has 1 saturated carbocycles. The maximum absolute atomic E-state index is 13.1. The second kappa shape index (κ2) is 8.34. The summed E-state index contributed by atoms with van der Waals surface area (Å²) < 4.78 is 0. The number of pyridine rings is 1. The van der Waals surface area contributed by atoms with Gasteiger partial charge in [0.2, 0.25) is 11.9 Å². The summed E-state index contributed by atoms with van der Waals surface area (Å²) in [5.41, 5.74) is 7.67. The molecule has 1 fully saturated rings. The van der Waals surface area contributed by atoms with Gasteiger partial charge in [0.05, 0.1) is 0 Å². The Hall–Kier alpha value is -3.08. The van der Waals surface area contributed by atoms with Gasteiger partial charge in [-0.05, 0) is 62.8 Å². The second-order valence-corrected chi connectivity index (χ2v) is 8.34. The van der Waals surface area contributed by atoms with E-state index in [1.54, 1.807) is 12.4 Å². The van der Waals surface area contributed by atoms with Gasteiger partial charge in [-0.15, -0.1) is 0 Å². The van der Waals surface area contributed by atoms with Crippen LogP contribution in [-0.4, -0.2) is 20.9 Å². The maximum Gasteiger partial charge on any atom is 0.230 e. The molecule has 1 aromatic carbocycles. The predicted octanol–water partition coefficient (Wildman–Crippen LogP) is 5.29. The summed E-state index contributed by atoms with van der Waals surface area (Å²) in [6.07, 6.45) is 6.43. The van der Waals surface area contributed by atoms with Crippen molar-refractivity contribution in [3.63, 3.8) is 0 Å². The van der Waals surface area contributed by atoms with Gasteiger partial charge in [0, 0.05) is 41.2 Å². The van der Waals surface area contributed by atoms with Gasteiger partial charge in [-0.25, -0.2) is 9.97 Å². The number of carbonyl (C=O) groups excluding carboxylic acids is 1. The number of aryl methyl sites for hydroxylation is 4. The van der Waals surface area contributed by atoms with Crippen LogP contribution in [0.25, 0.3) is 11.1 Å². The molecule has 154 valence electrons. The van der Waals surface area contributed by atoms with Crippen molar-refractivity contribution >= 4 is 11.9 Å². The third-order valence-corrected chi connectivity index (χ3v) is 6.24. The summed E-state index contributed by atoms with van der Waals surface area (Å²) in [6, 6.07) is 10.3. The lowest BCUT2D eigenvalue weighted by atomic mass is 9.89. The number of nitrogens with one attached hydrogen (secondary N) is 1. The number of anilines is 1. The number of carbonyl (C=O) groups is 1. The summed E-state index contributed by atoms with van der Waals surface area (Å²) >= 11 is 0. The molecule has 0 saturated heterocycles. The lowest BCUT2D eigenvalue weighted by molar-refractivity contribution is -0.120. The van der Waals surface area contributed by atoms with Crippen LogP contribution in [0.3, 0.4) is 0 Å². The first-order chi connectivity index (χ1) is 14.4. The van der Waals surface area contributed by atoms with Gasteiger partial charge >= 0.3 is 0 Å². The van der Waals surface area contributed by atoms with E-state index in [1.807, 2.05) is 25.1 Å². The zero-order valence-corrected chi connectivity index (χ0v) is 18.1. The number of amides is 1. The van der Waals surface area contributed by atoms with E-state index in [1.165, 1.54) is 16.7 Å². The smallest absolute Gasteiger partial charge is 0.230 e. The fourth-order valence-electron chi connectivity index (χ4n) is 4.47. The van der Waals surface area contributed by atoms with Crippen molar-refractivity contribution in [2.24, 2.45) is 5.92 Å². The van der Waals surface area contributed by atoms with Crippen molar-refractivity contribution in [1.29, 1.82) is 0 Å². The fraction of sp³-hybridized carbons (Fsp3) is 0.360. The minimum atomic E-state index is -0.0991. The van der Waals surface area contributed by atoms with Crippen LogP contribution in [0.1, 0.15) is 53.3 Å². The molecule has 2 unspecified atom stereocenters. The molecule has 2 aromatic heterocycles. The molecular formula is C25H28N4O. The highest BCUT2D eigenvalue weighted by atomic mass is 16.2. The minimum Gasteiger partial charge on any atom is -0.294 e. The van der Waals surface area contributed by atoms with Crippen LogP contribution in [0.4, 0.5) is 5.95 Å². The monoisotopic (exact) mass is 400 g/mol. The summed E-state index contributed by atoms with van der Waals surface area (Å²) in [7, 11) is 0. The lowest BCUT2D eigenvalue weighted by Crippen LogP contribution is -2.26. The van der Waals surface area contributed by atoms with Gasteiger partial charge in [-0.2, -0.15) is 0 Å². The first-order valence-corrected chi connectivity index (χ1v) is 10.6. The topological polar surface area (TPSA) is 67.8 Å². The fourth-order valence-corrected chi connectivity index (χ4v) is 4.47. The van der Waals surface area contributed by atoms with E-state index in [4.69, 9.17) is 4.98 Å². The average Bonchev–Trinajstić information content (AvgIpc) is 3.21. The highest BCUT2D eigenvalue weighted by Gasteiger charge is 2.36. The molecule has 0 spiro atoms. The molecule has 3 aromatic rings. The Kier molecular flexibility index (Phi) is 5.62.